The molecule has 1 aromatic rings. The highest BCUT2D eigenvalue weighted by molar-refractivity contribution is 4.95. The normalized spacial score (nSPS) is 23.7. The van der Waals surface area contributed by atoms with Crippen molar-refractivity contribution in [2.45, 2.75) is 65.3 Å². The zero-order valence-corrected chi connectivity index (χ0v) is 13.7. The van der Waals surface area contributed by atoms with E-state index in [9.17, 15) is 0 Å². The summed E-state index contributed by atoms with van der Waals surface area (Å²) in [6.45, 7) is 8.21. The molecule has 0 bridgehead atoms. The van der Waals surface area contributed by atoms with Gasteiger partial charge in [-0.15, -0.1) is 0 Å². The molecule has 1 aliphatic carbocycles. The molecule has 0 aromatic carbocycles. The van der Waals surface area contributed by atoms with E-state index in [0.29, 0.717) is 11.5 Å². The number of aryl methyl sites for hydroxylation is 2. The first-order chi connectivity index (χ1) is 9.54. The van der Waals surface area contributed by atoms with Gasteiger partial charge in [-0.25, -0.2) is 4.98 Å². The van der Waals surface area contributed by atoms with Crippen LogP contribution in [0.25, 0.3) is 0 Å². The summed E-state index contributed by atoms with van der Waals surface area (Å²) in [7, 11) is 2.09. The van der Waals surface area contributed by atoms with Gasteiger partial charge in [0.15, 0.2) is 0 Å². The lowest BCUT2D eigenvalue weighted by molar-refractivity contribution is 0.0952. The van der Waals surface area contributed by atoms with Gasteiger partial charge < -0.3 is 9.88 Å². The van der Waals surface area contributed by atoms with Gasteiger partial charge in [0, 0.05) is 31.9 Å². The maximum Gasteiger partial charge on any atom is 0.108 e. The second kappa shape index (κ2) is 6.75. The zero-order valence-electron chi connectivity index (χ0n) is 13.7. The van der Waals surface area contributed by atoms with E-state index in [1.54, 1.807) is 0 Å². The Morgan fingerprint density at radius 3 is 2.85 bits per heavy atom. The minimum atomic E-state index is 0.479. The molecule has 0 saturated heterocycles. The highest BCUT2D eigenvalue weighted by Crippen LogP contribution is 2.43. The fourth-order valence-corrected chi connectivity index (χ4v) is 3.90. The van der Waals surface area contributed by atoms with Gasteiger partial charge in [-0.3, -0.25) is 0 Å². The quantitative estimate of drug-likeness (QED) is 0.862. The lowest BCUT2D eigenvalue weighted by atomic mass is 9.65. The monoisotopic (exact) mass is 277 g/mol. The van der Waals surface area contributed by atoms with E-state index in [-0.39, 0.29) is 0 Å². The molecule has 2 rings (SSSR count). The first-order valence-electron chi connectivity index (χ1n) is 8.24. The van der Waals surface area contributed by atoms with Crippen molar-refractivity contribution in [1.29, 1.82) is 0 Å². The summed E-state index contributed by atoms with van der Waals surface area (Å²) in [5, 5.41) is 3.75. The first-order valence-corrected chi connectivity index (χ1v) is 8.24. The molecule has 1 N–H and O–H groups in total. The third-order valence-electron chi connectivity index (χ3n) is 5.14. The summed E-state index contributed by atoms with van der Waals surface area (Å²) in [6.07, 6.45) is 11.8. The number of imidazole rings is 1. The molecule has 1 fully saturated rings. The van der Waals surface area contributed by atoms with Gasteiger partial charge in [-0.2, -0.15) is 0 Å². The highest BCUT2D eigenvalue weighted by atomic mass is 15.0. The summed E-state index contributed by atoms with van der Waals surface area (Å²) < 4.78 is 2.15. The summed E-state index contributed by atoms with van der Waals surface area (Å²) in [5.41, 5.74) is 0.479. The molecule has 0 aliphatic heterocycles. The largest absolute Gasteiger partial charge is 0.338 e. The van der Waals surface area contributed by atoms with E-state index in [1.165, 1.54) is 37.9 Å². The summed E-state index contributed by atoms with van der Waals surface area (Å²) in [4.78, 5) is 4.46. The van der Waals surface area contributed by atoms with Crippen molar-refractivity contribution in [2.75, 3.05) is 6.54 Å². The number of nitrogens with zero attached hydrogens (tertiary/aromatic N) is 2. The Bertz CT molecular complexity index is 408. The van der Waals surface area contributed by atoms with Gasteiger partial charge in [0.25, 0.3) is 0 Å². The van der Waals surface area contributed by atoms with E-state index < -0.39 is 0 Å². The molecule has 20 heavy (non-hydrogen) atoms. The average molecular weight is 277 g/mol. The standard InChI is InChI=1S/C17H31N3/c1-5-18-15(9-10-16-19-12-13-20(16)4)14-8-6-7-11-17(14,2)3/h12-15,18H,5-11H2,1-4H3. The Balaban J connectivity index is 2.00. The van der Waals surface area contributed by atoms with E-state index in [4.69, 9.17) is 0 Å². The SMILES string of the molecule is CCNC(CCc1nccn1C)C1CCCCC1(C)C. The zero-order chi connectivity index (χ0) is 14.6. The van der Waals surface area contributed by atoms with E-state index in [1.807, 2.05) is 12.4 Å². The van der Waals surface area contributed by atoms with Crippen molar-refractivity contribution in [1.82, 2.24) is 14.9 Å². The van der Waals surface area contributed by atoms with Crippen molar-refractivity contribution >= 4 is 0 Å². The van der Waals surface area contributed by atoms with Gasteiger partial charge >= 0.3 is 0 Å². The summed E-state index contributed by atoms with van der Waals surface area (Å²) in [6, 6.07) is 0.631. The molecule has 1 saturated carbocycles. The van der Waals surface area contributed by atoms with Crippen LogP contribution in [0.4, 0.5) is 0 Å². The van der Waals surface area contributed by atoms with Crippen LogP contribution in [0.15, 0.2) is 12.4 Å². The summed E-state index contributed by atoms with van der Waals surface area (Å²) >= 11 is 0. The predicted octanol–water partition coefficient (Wildman–Crippen LogP) is 3.55. The van der Waals surface area contributed by atoms with Crippen LogP contribution >= 0.6 is 0 Å². The van der Waals surface area contributed by atoms with Gasteiger partial charge in [0.1, 0.15) is 5.82 Å². The molecule has 2 atom stereocenters. The second-order valence-electron chi connectivity index (χ2n) is 7.00. The fourth-order valence-electron chi connectivity index (χ4n) is 3.90. The Morgan fingerprint density at radius 2 is 2.25 bits per heavy atom. The first kappa shape index (κ1) is 15.6. The smallest absolute Gasteiger partial charge is 0.108 e. The van der Waals surface area contributed by atoms with E-state index in [2.05, 4.69) is 42.7 Å². The molecular weight excluding hydrogens is 246 g/mol. The topological polar surface area (TPSA) is 29.9 Å². The Hall–Kier alpha value is -0.830. The highest BCUT2D eigenvalue weighted by Gasteiger charge is 2.36. The van der Waals surface area contributed by atoms with Gasteiger partial charge in [0.2, 0.25) is 0 Å². The molecule has 3 heteroatoms. The van der Waals surface area contributed by atoms with Crippen LogP contribution < -0.4 is 5.32 Å². The van der Waals surface area contributed by atoms with Crippen molar-refractivity contribution in [3.63, 3.8) is 0 Å². The van der Waals surface area contributed by atoms with Crippen LogP contribution in [0.2, 0.25) is 0 Å². The van der Waals surface area contributed by atoms with Gasteiger partial charge in [-0.05, 0) is 37.1 Å². The fraction of sp³-hybridized carbons (Fsp3) is 0.824. The number of hydrogen-bond donors (Lipinski definition) is 1. The number of rotatable bonds is 6. The lowest BCUT2D eigenvalue weighted by Gasteiger charge is -2.43. The maximum atomic E-state index is 4.46. The number of aromatic nitrogens is 2. The van der Waals surface area contributed by atoms with Crippen molar-refractivity contribution < 1.29 is 0 Å². The van der Waals surface area contributed by atoms with Crippen LogP contribution in [-0.2, 0) is 13.5 Å². The van der Waals surface area contributed by atoms with Crippen LogP contribution in [0.3, 0.4) is 0 Å². The molecule has 1 aromatic heterocycles. The maximum absolute atomic E-state index is 4.46. The Kier molecular flexibility index (Phi) is 5.25. The van der Waals surface area contributed by atoms with Crippen LogP contribution in [0.1, 0.15) is 58.7 Å². The third kappa shape index (κ3) is 3.63. The molecule has 1 aliphatic rings. The predicted molar refractivity (Wildman–Crippen MR) is 84.7 cm³/mol. The molecular formula is C17H31N3. The Morgan fingerprint density at radius 1 is 1.45 bits per heavy atom. The van der Waals surface area contributed by atoms with E-state index in [0.717, 1.165) is 18.9 Å². The molecule has 0 radical (unpaired) electrons. The number of nitrogens with one attached hydrogen (secondary N) is 1. The molecule has 0 spiro atoms. The van der Waals surface area contributed by atoms with Crippen LogP contribution in [0, 0.1) is 11.3 Å². The Labute approximate surface area is 124 Å². The van der Waals surface area contributed by atoms with Crippen LogP contribution in [-0.4, -0.2) is 22.1 Å². The lowest BCUT2D eigenvalue weighted by Crippen LogP contribution is -2.45. The average Bonchev–Trinajstić information content (AvgIpc) is 2.80. The van der Waals surface area contributed by atoms with Crippen LogP contribution in [0.5, 0.6) is 0 Å². The van der Waals surface area contributed by atoms with Crippen molar-refractivity contribution in [2.24, 2.45) is 18.4 Å². The van der Waals surface area contributed by atoms with E-state index >= 15 is 0 Å². The molecule has 114 valence electrons. The minimum Gasteiger partial charge on any atom is -0.338 e. The van der Waals surface area contributed by atoms with Crippen molar-refractivity contribution in [3.05, 3.63) is 18.2 Å². The molecule has 0 amide bonds. The van der Waals surface area contributed by atoms with Gasteiger partial charge in [-0.1, -0.05) is 33.6 Å². The second-order valence-corrected chi connectivity index (χ2v) is 7.00. The van der Waals surface area contributed by atoms with Crippen molar-refractivity contribution in [3.8, 4) is 0 Å². The minimum absolute atomic E-state index is 0.479. The van der Waals surface area contributed by atoms with Gasteiger partial charge in [0.05, 0.1) is 0 Å². The number of hydrogen-bond acceptors (Lipinski definition) is 2. The molecule has 2 unspecified atom stereocenters. The molecule has 1 heterocycles. The summed E-state index contributed by atoms with van der Waals surface area (Å²) in [5.74, 6) is 2.01. The third-order valence-corrected chi connectivity index (χ3v) is 5.14. The molecule has 3 nitrogen and oxygen atoms in total.